The Morgan fingerprint density at radius 3 is 2.47 bits per heavy atom. The van der Waals surface area contributed by atoms with Crippen molar-refractivity contribution in [3.05, 3.63) is 81.6 Å². The zero-order valence-corrected chi connectivity index (χ0v) is 17.9. The predicted molar refractivity (Wildman–Crippen MR) is 121 cm³/mol. The fourth-order valence-corrected chi connectivity index (χ4v) is 3.84. The molecule has 5 nitrogen and oxygen atoms in total. The highest BCUT2D eigenvalue weighted by Crippen LogP contribution is 2.29. The van der Waals surface area contributed by atoms with E-state index in [0.717, 1.165) is 20.9 Å². The SMILES string of the molecule is COc1cc(/C=C/C(=O)c2cc(C)sc2C)ccc1OCC(=O)Nc1ccccc1. The number of ketones is 1. The van der Waals surface area contributed by atoms with Crippen LogP contribution >= 0.6 is 11.3 Å². The lowest BCUT2D eigenvalue weighted by Gasteiger charge is -2.11. The first-order valence-corrected chi connectivity index (χ1v) is 10.2. The summed E-state index contributed by atoms with van der Waals surface area (Å²) in [6.07, 6.45) is 3.29. The first-order valence-electron chi connectivity index (χ1n) is 9.41. The van der Waals surface area contributed by atoms with E-state index >= 15 is 0 Å². The number of methoxy groups -OCH3 is 1. The Labute approximate surface area is 180 Å². The molecule has 0 atom stereocenters. The summed E-state index contributed by atoms with van der Waals surface area (Å²) in [6.45, 7) is 3.79. The van der Waals surface area contributed by atoms with Crippen molar-refractivity contribution in [2.45, 2.75) is 13.8 Å². The average Bonchev–Trinajstić information content (AvgIpc) is 3.09. The number of carbonyl (C=O) groups excluding carboxylic acids is 2. The maximum absolute atomic E-state index is 12.4. The van der Waals surface area contributed by atoms with Crippen LogP contribution in [-0.2, 0) is 4.79 Å². The van der Waals surface area contributed by atoms with E-state index in [4.69, 9.17) is 9.47 Å². The Morgan fingerprint density at radius 2 is 1.80 bits per heavy atom. The smallest absolute Gasteiger partial charge is 0.262 e. The minimum Gasteiger partial charge on any atom is -0.493 e. The summed E-state index contributed by atoms with van der Waals surface area (Å²) in [5, 5.41) is 2.76. The Bertz CT molecular complexity index is 1070. The summed E-state index contributed by atoms with van der Waals surface area (Å²) in [4.78, 5) is 26.6. The van der Waals surface area contributed by atoms with Crippen LogP contribution in [0, 0.1) is 13.8 Å². The highest BCUT2D eigenvalue weighted by molar-refractivity contribution is 7.12. The molecule has 154 valence electrons. The molecule has 0 saturated carbocycles. The largest absolute Gasteiger partial charge is 0.493 e. The van der Waals surface area contributed by atoms with Crippen molar-refractivity contribution in [2.75, 3.05) is 19.0 Å². The molecule has 0 radical (unpaired) electrons. The molecule has 0 unspecified atom stereocenters. The van der Waals surface area contributed by atoms with Crippen molar-refractivity contribution in [3.63, 3.8) is 0 Å². The van der Waals surface area contributed by atoms with Gasteiger partial charge in [0, 0.05) is 21.0 Å². The number of rotatable bonds is 8. The molecule has 0 fully saturated rings. The molecule has 30 heavy (non-hydrogen) atoms. The number of aryl methyl sites for hydroxylation is 2. The van der Waals surface area contributed by atoms with Crippen LogP contribution in [0.3, 0.4) is 0 Å². The Hall–Kier alpha value is -3.38. The van der Waals surface area contributed by atoms with Gasteiger partial charge in [0.15, 0.2) is 23.9 Å². The fourth-order valence-electron chi connectivity index (χ4n) is 2.91. The van der Waals surface area contributed by atoms with E-state index < -0.39 is 0 Å². The lowest BCUT2D eigenvalue weighted by atomic mass is 10.1. The number of ether oxygens (including phenoxy) is 2. The number of nitrogens with one attached hydrogen (secondary N) is 1. The van der Waals surface area contributed by atoms with Gasteiger partial charge >= 0.3 is 0 Å². The number of hydrogen-bond donors (Lipinski definition) is 1. The quantitative estimate of drug-likeness (QED) is 0.397. The monoisotopic (exact) mass is 421 g/mol. The molecule has 0 saturated heterocycles. The molecule has 6 heteroatoms. The number of benzene rings is 2. The first-order chi connectivity index (χ1) is 14.5. The van der Waals surface area contributed by atoms with Gasteiger partial charge in [-0.15, -0.1) is 11.3 Å². The van der Waals surface area contributed by atoms with Gasteiger partial charge in [0.2, 0.25) is 0 Å². The van der Waals surface area contributed by atoms with Crippen molar-refractivity contribution in [2.24, 2.45) is 0 Å². The zero-order chi connectivity index (χ0) is 21.5. The van der Waals surface area contributed by atoms with E-state index in [0.29, 0.717) is 17.2 Å². The van der Waals surface area contributed by atoms with Crippen molar-refractivity contribution >= 4 is 34.8 Å². The third-order valence-electron chi connectivity index (χ3n) is 4.34. The molecule has 1 amide bonds. The molecule has 1 N–H and O–H groups in total. The van der Waals surface area contributed by atoms with Gasteiger partial charge in [-0.2, -0.15) is 0 Å². The Kier molecular flexibility index (Phi) is 7.03. The second kappa shape index (κ2) is 9.89. The van der Waals surface area contributed by atoms with Crippen LogP contribution in [0.1, 0.15) is 25.7 Å². The zero-order valence-electron chi connectivity index (χ0n) is 17.1. The van der Waals surface area contributed by atoms with Crippen molar-refractivity contribution in [1.82, 2.24) is 0 Å². The number of anilines is 1. The number of para-hydroxylation sites is 1. The van der Waals surface area contributed by atoms with E-state index in [2.05, 4.69) is 5.32 Å². The van der Waals surface area contributed by atoms with Crippen LogP contribution in [0.4, 0.5) is 5.69 Å². The van der Waals surface area contributed by atoms with Crippen LogP contribution < -0.4 is 14.8 Å². The molecule has 0 aliphatic rings. The first kappa shape index (κ1) is 21.3. The normalized spacial score (nSPS) is 10.8. The molecular formula is C24H23NO4S. The summed E-state index contributed by atoms with van der Waals surface area (Å²) in [5.74, 6) is 0.640. The second-order valence-corrected chi connectivity index (χ2v) is 8.10. The third kappa shape index (κ3) is 5.58. The minimum atomic E-state index is -0.265. The highest BCUT2D eigenvalue weighted by atomic mass is 32.1. The predicted octanol–water partition coefficient (Wildman–Crippen LogP) is 5.29. The highest BCUT2D eigenvalue weighted by Gasteiger charge is 2.11. The molecule has 2 aromatic carbocycles. The average molecular weight is 422 g/mol. The molecule has 3 aromatic rings. The van der Waals surface area contributed by atoms with Crippen LogP contribution in [0.5, 0.6) is 11.5 Å². The molecular weight excluding hydrogens is 398 g/mol. The fraction of sp³-hybridized carbons (Fsp3) is 0.167. The maximum atomic E-state index is 12.4. The maximum Gasteiger partial charge on any atom is 0.262 e. The molecule has 3 rings (SSSR count). The van der Waals surface area contributed by atoms with Crippen molar-refractivity contribution < 1.29 is 19.1 Å². The molecule has 1 heterocycles. The standard InChI is InChI=1S/C24H23NO4S/c1-16-13-20(17(2)30-16)21(26)11-9-18-10-12-22(23(14-18)28-3)29-15-24(27)25-19-7-5-4-6-8-19/h4-14H,15H2,1-3H3,(H,25,27)/b11-9+. The van der Waals surface area contributed by atoms with Crippen LogP contribution in [0.15, 0.2) is 60.7 Å². The van der Waals surface area contributed by atoms with Gasteiger partial charge in [-0.1, -0.05) is 30.3 Å². The lowest BCUT2D eigenvalue weighted by Crippen LogP contribution is -2.20. The summed E-state index contributed by atoms with van der Waals surface area (Å²) in [7, 11) is 1.53. The van der Waals surface area contributed by atoms with Crippen molar-refractivity contribution in [1.29, 1.82) is 0 Å². The van der Waals surface area contributed by atoms with Gasteiger partial charge < -0.3 is 14.8 Å². The lowest BCUT2D eigenvalue weighted by molar-refractivity contribution is -0.118. The number of hydrogen-bond acceptors (Lipinski definition) is 5. The molecule has 0 spiro atoms. The second-order valence-electron chi connectivity index (χ2n) is 6.64. The van der Waals surface area contributed by atoms with Crippen molar-refractivity contribution in [3.8, 4) is 11.5 Å². The summed E-state index contributed by atoms with van der Waals surface area (Å²) < 4.78 is 11.0. The van der Waals surface area contributed by atoms with E-state index in [1.165, 1.54) is 7.11 Å². The van der Waals surface area contributed by atoms with Crippen LogP contribution in [0.25, 0.3) is 6.08 Å². The van der Waals surface area contributed by atoms with Gasteiger partial charge in [0.1, 0.15) is 0 Å². The molecule has 0 aliphatic heterocycles. The van der Waals surface area contributed by atoms with E-state index in [-0.39, 0.29) is 18.3 Å². The number of allylic oxidation sites excluding steroid dienone is 1. The van der Waals surface area contributed by atoms with Gasteiger partial charge in [0.05, 0.1) is 7.11 Å². The van der Waals surface area contributed by atoms with E-state index in [1.54, 1.807) is 47.8 Å². The van der Waals surface area contributed by atoms with Gasteiger partial charge in [-0.05, 0) is 55.8 Å². The van der Waals surface area contributed by atoms with E-state index in [1.807, 2.05) is 44.2 Å². The Morgan fingerprint density at radius 1 is 1.03 bits per heavy atom. The minimum absolute atomic E-state index is 0.0336. The summed E-state index contributed by atoms with van der Waals surface area (Å²) in [6, 6.07) is 16.4. The topological polar surface area (TPSA) is 64.6 Å². The molecule has 1 aromatic heterocycles. The van der Waals surface area contributed by atoms with E-state index in [9.17, 15) is 9.59 Å². The summed E-state index contributed by atoms with van der Waals surface area (Å²) in [5.41, 5.74) is 2.23. The summed E-state index contributed by atoms with van der Waals surface area (Å²) >= 11 is 1.61. The number of amides is 1. The Balaban J connectivity index is 1.63. The number of carbonyl (C=O) groups is 2. The molecule has 0 bridgehead atoms. The number of thiophene rings is 1. The molecule has 0 aliphatic carbocycles. The third-order valence-corrected chi connectivity index (χ3v) is 5.30. The van der Waals surface area contributed by atoms with Gasteiger partial charge in [-0.25, -0.2) is 0 Å². The van der Waals surface area contributed by atoms with Gasteiger partial charge in [0.25, 0.3) is 5.91 Å². The van der Waals surface area contributed by atoms with Crippen LogP contribution in [0.2, 0.25) is 0 Å². The van der Waals surface area contributed by atoms with Crippen LogP contribution in [-0.4, -0.2) is 25.4 Å². The van der Waals surface area contributed by atoms with Gasteiger partial charge in [-0.3, -0.25) is 9.59 Å².